The van der Waals surface area contributed by atoms with Crippen LogP contribution in [0.2, 0.25) is 0 Å². The third kappa shape index (κ3) is 29.9. The number of carbonyl (C=O) groups is 1. The number of aliphatic hydroxyl groups excluding tert-OH is 1. The molecule has 0 bridgehead atoms. The molecule has 0 aliphatic heterocycles. The first-order valence-corrected chi connectivity index (χ1v) is 19.3. The number of phosphoric acid groups is 1. The van der Waals surface area contributed by atoms with Gasteiger partial charge in [-0.05, 0) is 6.42 Å². The molecule has 0 aliphatic carbocycles. The number of nitrogens with zero attached hydrogens (tertiary/aromatic N) is 1. The Morgan fingerprint density at radius 2 is 1.12 bits per heavy atom. The van der Waals surface area contributed by atoms with E-state index < -0.39 is 20.0 Å². The van der Waals surface area contributed by atoms with Crippen LogP contribution in [0.4, 0.5) is 0 Å². The van der Waals surface area contributed by atoms with Crippen molar-refractivity contribution in [2.24, 2.45) is 0 Å². The Morgan fingerprint density at radius 3 is 1.49 bits per heavy atom. The number of hydrogen-bond donors (Lipinski definition) is 2. The summed E-state index contributed by atoms with van der Waals surface area (Å²) in [5.74, 6) is -0.252. The second kappa shape index (κ2) is 27.8. The summed E-state index contributed by atoms with van der Waals surface area (Å²) in [6.45, 7) is 4.18. The van der Waals surface area contributed by atoms with E-state index in [2.05, 4.69) is 12.2 Å². The molecule has 0 fully saturated rings. The van der Waals surface area contributed by atoms with Gasteiger partial charge in [0, 0.05) is 6.42 Å². The predicted octanol–water partition coefficient (Wildman–Crippen LogP) is 8.05. The molecular weight excluding hydrogens is 563 g/mol. The van der Waals surface area contributed by atoms with Crippen LogP contribution >= 0.6 is 7.82 Å². The first kappa shape index (κ1) is 42.5. The quantitative estimate of drug-likeness (QED) is 0.0440. The summed E-state index contributed by atoms with van der Waals surface area (Å²) in [4.78, 5) is 24.1. The Balaban J connectivity index is 3.82. The van der Waals surface area contributed by atoms with Crippen molar-refractivity contribution >= 4 is 13.7 Å². The smallest absolute Gasteiger partial charge is 0.268 e. The average molecular weight is 635 g/mol. The highest BCUT2D eigenvalue weighted by molar-refractivity contribution is 7.45. The standard InChI is InChI=1S/C34H71N2O6P/c1-6-8-9-10-11-12-13-14-15-16-17-18-19-20-21-22-23-24-25-26-27-28-33(37)32(35-34(38)7-2)31-42-43(39,40)41-30-29-36(3,4)5/h32-33,37H,6-31H2,1-5H3,(H-,35,38,39,40). The van der Waals surface area contributed by atoms with E-state index in [1.54, 1.807) is 6.92 Å². The predicted molar refractivity (Wildman–Crippen MR) is 178 cm³/mol. The Kier molecular flexibility index (Phi) is 27.5. The summed E-state index contributed by atoms with van der Waals surface area (Å²) in [6, 6.07) is -0.790. The van der Waals surface area contributed by atoms with Gasteiger partial charge in [0.05, 0.1) is 39.9 Å². The summed E-state index contributed by atoms with van der Waals surface area (Å²) in [5.41, 5.74) is 0. The fourth-order valence-corrected chi connectivity index (χ4v) is 5.90. The number of nitrogens with one attached hydrogen (secondary N) is 1. The van der Waals surface area contributed by atoms with E-state index in [4.69, 9.17) is 9.05 Å². The lowest BCUT2D eigenvalue weighted by Crippen LogP contribution is -2.46. The number of likely N-dealkylation sites (N-methyl/N-ethyl adjacent to an activating group) is 1. The molecule has 3 atom stereocenters. The van der Waals surface area contributed by atoms with Crippen molar-refractivity contribution in [3.63, 3.8) is 0 Å². The fourth-order valence-electron chi connectivity index (χ4n) is 5.18. The van der Waals surface area contributed by atoms with Crippen LogP contribution in [-0.4, -0.2) is 68.5 Å². The second-order valence-electron chi connectivity index (χ2n) is 13.5. The van der Waals surface area contributed by atoms with Gasteiger partial charge >= 0.3 is 0 Å². The highest BCUT2D eigenvalue weighted by Crippen LogP contribution is 2.38. The van der Waals surface area contributed by atoms with Crippen molar-refractivity contribution in [3.05, 3.63) is 0 Å². The molecule has 0 rings (SSSR count). The lowest BCUT2D eigenvalue weighted by atomic mass is 10.0. The highest BCUT2D eigenvalue weighted by atomic mass is 31.2. The third-order valence-electron chi connectivity index (χ3n) is 8.16. The number of hydrogen-bond acceptors (Lipinski definition) is 6. The number of amides is 1. The van der Waals surface area contributed by atoms with Gasteiger partial charge < -0.3 is 28.8 Å². The maximum absolute atomic E-state index is 12.1. The first-order chi connectivity index (χ1) is 20.5. The van der Waals surface area contributed by atoms with Crippen molar-refractivity contribution in [2.45, 2.75) is 174 Å². The van der Waals surface area contributed by atoms with Crippen LogP contribution in [0.3, 0.4) is 0 Å². The van der Waals surface area contributed by atoms with Gasteiger partial charge in [-0.25, -0.2) is 0 Å². The Bertz CT molecular complexity index is 688. The van der Waals surface area contributed by atoms with Crippen molar-refractivity contribution in [1.29, 1.82) is 0 Å². The first-order valence-electron chi connectivity index (χ1n) is 17.9. The maximum atomic E-state index is 12.1. The van der Waals surface area contributed by atoms with Gasteiger partial charge in [-0.1, -0.05) is 149 Å². The molecule has 0 heterocycles. The van der Waals surface area contributed by atoms with Crippen LogP contribution in [-0.2, 0) is 18.4 Å². The molecule has 0 radical (unpaired) electrons. The zero-order valence-electron chi connectivity index (χ0n) is 28.9. The molecule has 8 nitrogen and oxygen atoms in total. The molecule has 1 amide bonds. The summed E-state index contributed by atoms with van der Waals surface area (Å²) >= 11 is 0. The van der Waals surface area contributed by atoms with Crippen LogP contribution < -0.4 is 10.2 Å². The minimum Gasteiger partial charge on any atom is -0.756 e. The summed E-state index contributed by atoms with van der Waals surface area (Å²) in [5, 5.41) is 13.4. The molecule has 0 saturated heterocycles. The van der Waals surface area contributed by atoms with Crippen molar-refractivity contribution < 1.29 is 32.9 Å². The van der Waals surface area contributed by atoms with E-state index in [1.807, 2.05) is 21.1 Å². The molecule has 3 unspecified atom stereocenters. The fraction of sp³-hybridized carbons (Fsp3) is 0.971. The van der Waals surface area contributed by atoms with Gasteiger partial charge in [-0.3, -0.25) is 9.36 Å². The molecule has 43 heavy (non-hydrogen) atoms. The molecule has 258 valence electrons. The largest absolute Gasteiger partial charge is 0.756 e. The van der Waals surface area contributed by atoms with Crippen molar-refractivity contribution in [1.82, 2.24) is 5.32 Å². The molecule has 0 aliphatic rings. The lowest BCUT2D eigenvalue weighted by molar-refractivity contribution is -0.870. The summed E-state index contributed by atoms with van der Waals surface area (Å²) in [7, 11) is 1.30. The van der Waals surface area contributed by atoms with E-state index in [0.29, 0.717) is 17.4 Å². The van der Waals surface area contributed by atoms with Crippen molar-refractivity contribution in [2.75, 3.05) is 40.9 Å². The Morgan fingerprint density at radius 1 is 0.721 bits per heavy atom. The Labute approximate surface area is 266 Å². The molecule has 0 saturated carbocycles. The summed E-state index contributed by atoms with van der Waals surface area (Å²) in [6.07, 6.45) is 27.6. The highest BCUT2D eigenvalue weighted by Gasteiger charge is 2.24. The van der Waals surface area contributed by atoms with E-state index in [9.17, 15) is 19.4 Å². The van der Waals surface area contributed by atoms with E-state index >= 15 is 0 Å². The van der Waals surface area contributed by atoms with Gasteiger partial charge in [0.15, 0.2) is 0 Å². The molecule has 9 heteroatoms. The van der Waals surface area contributed by atoms with Gasteiger partial charge in [0.1, 0.15) is 13.2 Å². The van der Waals surface area contributed by atoms with Gasteiger partial charge in [-0.2, -0.15) is 0 Å². The Hall–Kier alpha value is -0.500. The van der Waals surface area contributed by atoms with Crippen LogP contribution in [0.5, 0.6) is 0 Å². The third-order valence-corrected chi connectivity index (χ3v) is 9.12. The molecule has 2 N–H and O–H groups in total. The number of phosphoric ester groups is 1. The molecular formula is C34H71N2O6P. The number of carbonyl (C=O) groups excluding carboxylic acids is 1. The minimum atomic E-state index is -4.52. The summed E-state index contributed by atoms with van der Waals surface area (Å²) < 4.78 is 22.7. The molecule has 0 aromatic rings. The van der Waals surface area contributed by atoms with E-state index in [1.165, 1.54) is 116 Å². The molecule has 0 aromatic carbocycles. The topological polar surface area (TPSA) is 108 Å². The normalized spacial score (nSPS) is 14.9. The zero-order valence-corrected chi connectivity index (χ0v) is 29.8. The lowest BCUT2D eigenvalue weighted by Gasteiger charge is -2.30. The van der Waals surface area contributed by atoms with Gasteiger partial charge in [0.2, 0.25) is 5.91 Å². The molecule has 0 spiro atoms. The van der Waals surface area contributed by atoms with Crippen LogP contribution in [0, 0.1) is 0 Å². The SMILES string of the molecule is CCCCCCCCCCCCCCCCCCCCCCCC(O)C(COP(=O)([O-])OCC[N+](C)(C)C)NC(=O)CC. The second-order valence-corrected chi connectivity index (χ2v) is 15.0. The van der Waals surface area contributed by atoms with Gasteiger partial charge in [0.25, 0.3) is 7.82 Å². The number of quaternary nitrogens is 1. The maximum Gasteiger partial charge on any atom is 0.268 e. The van der Waals surface area contributed by atoms with E-state index in [-0.39, 0.29) is 25.5 Å². The van der Waals surface area contributed by atoms with Crippen molar-refractivity contribution in [3.8, 4) is 0 Å². The van der Waals surface area contributed by atoms with Crippen LogP contribution in [0.25, 0.3) is 0 Å². The zero-order chi connectivity index (χ0) is 32.2. The van der Waals surface area contributed by atoms with Crippen LogP contribution in [0.1, 0.15) is 162 Å². The minimum absolute atomic E-state index is 0.0122. The molecule has 0 aromatic heterocycles. The average Bonchev–Trinajstić information content (AvgIpc) is 2.94. The van der Waals surface area contributed by atoms with Gasteiger partial charge in [-0.15, -0.1) is 0 Å². The van der Waals surface area contributed by atoms with E-state index in [0.717, 1.165) is 19.3 Å². The number of unbranched alkanes of at least 4 members (excludes halogenated alkanes) is 20. The monoisotopic (exact) mass is 635 g/mol. The number of rotatable bonds is 32. The number of aliphatic hydroxyl groups is 1. The van der Waals surface area contributed by atoms with Crippen LogP contribution in [0.15, 0.2) is 0 Å².